The van der Waals surface area contributed by atoms with Crippen LogP contribution in [0.2, 0.25) is 0 Å². The molecule has 8 heteroatoms. The van der Waals surface area contributed by atoms with Gasteiger partial charge in [0.25, 0.3) is 0 Å². The molecule has 0 radical (unpaired) electrons. The van der Waals surface area contributed by atoms with E-state index < -0.39 is 17.3 Å². The zero-order chi connectivity index (χ0) is 13.5. The Hall–Kier alpha value is -1.60. The Kier molecular flexibility index (Phi) is 5.60. The lowest BCUT2D eigenvalue weighted by Crippen LogP contribution is -2.38. The van der Waals surface area contributed by atoms with Gasteiger partial charge in [0, 0.05) is 13.3 Å². The first-order valence-electron chi connectivity index (χ1n) is 5.30. The Morgan fingerprint density at radius 2 is 2.33 bits per heavy atom. The molecule has 0 fully saturated rings. The van der Waals surface area contributed by atoms with E-state index in [1.807, 2.05) is 0 Å². The van der Waals surface area contributed by atoms with Gasteiger partial charge in [-0.15, -0.1) is 11.6 Å². The van der Waals surface area contributed by atoms with Crippen molar-refractivity contribution in [3.05, 3.63) is 12.4 Å². The van der Waals surface area contributed by atoms with Gasteiger partial charge in [-0.25, -0.2) is 4.79 Å². The minimum Gasteiger partial charge on any atom is -0.383 e. The zero-order valence-corrected chi connectivity index (χ0v) is 10.9. The first-order chi connectivity index (χ1) is 8.52. The molecule has 18 heavy (non-hydrogen) atoms. The van der Waals surface area contributed by atoms with E-state index in [2.05, 4.69) is 15.7 Å². The van der Waals surface area contributed by atoms with Crippen molar-refractivity contribution in [3.8, 4) is 0 Å². The number of imide groups is 1. The van der Waals surface area contributed by atoms with E-state index >= 15 is 0 Å². The van der Waals surface area contributed by atoms with Crippen LogP contribution in [0.5, 0.6) is 0 Å². The van der Waals surface area contributed by atoms with Gasteiger partial charge in [0.2, 0.25) is 5.91 Å². The molecule has 0 aliphatic heterocycles. The molecule has 1 atom stereocenters. The van der Waals surface area contributed by atoms with Crippen LogP contribution in [0.15, 0.2) is 12.4 Å². The molecule has 0 saturated heterocycles. The summed E-state index contributed by atoms with van der Waals surface area (Å²) in [5.74, 6) is -0.555. The molecule has 0 aliphatic rings. The van der Waals surface area contributed by atoms with E-state index in [0.29, 0.717) is 18.8 Å². The second-order valence-electron chi connectivity index (χ2n) is 3.54. The lowest BCUT2D eigenvalue weighted by molar-refractivity contribution is -0.119. The minimum atomic E-state index is -0.764. The van der Waals surface area contributed by atoms with E-state index in [9.17, 15) is 9.59 Å². The number of methoxy groups -OCH3 is 1. The minimum absolute atomic E-state index is 0.485. The van der Waals surface area contributed by atoms with Gasteiger partial charge in [0.15, 0.2) is 0 Å². The van der Waals surface area contributed by atoms with Crippen LogP contribution in [0, 0.1) is 0 Å². The van der Waals surface area contributed by atoms with Crippen LogP contribution >= 0.6 is 11.6 Å². The maximum Gasteiger partial charge on any atom is 0.326 e. The predicted molar refractivity (Wildman–Crippen MR) is 66.6 cm³/mol. The van der Waals surface area contributed by atoms with Gasteiger partial charge in [-0.3, -0.25) is 14.8 Å². The van der Waals surface area contributed by atoms with Crippen molar-refractivity contribution in [2.45, 2.75) is 18.8 Å². The summed E-state index contributed by atoms with van der Waals surface area (Å²) in [4.78, 5) is 22.5. The summed E-state index contributed by atoms with van der Waals surface area (Å²) >= 11 is 5.51. The summed E-state index contributed by atoms with van der Waals surface area (Å²) in [6.07, 6.45) is 3.11. The Morgan fingerprint density at radius 1 is 1.61 bits per heavy atom. The quantitative estimate of drug-likeness (QED) is 0.778. The number of nitrogens with one attached hydrogen (secondary N) is 2. The molecule has 0 saturated carbocycles. The van der Waals surface area contributed by atoms with E-state index in [0.717, 1.165) is 0 Å². The van der Waals surface area contributed by atoms with Gasteiger partial charge in [0.05, 0.1) is 25.0 Å². The highest BCUT2D eigenvalue weighted by Crippen LogP contribution is 2.04. The van der Waals surface area contributed by atoms with Gasteiger partial charge < -0.3 is 10.1 Å². The Labute approximate surface area is 109 Å². The first-order valence-corrected chi connectivity index (χ1v) is 5.74. The number of anilines is 1. The normalized spacial score (nSPS) is 11.9. The highest BCUT2D eigenvalue weighted by Gasteiger charge is 2.13. The summed E-state index contributed by atoms with van der Waals surface area (Å²) < 4.78 is 6.51. The van der Waals surface area contributed by atoms with E-state index in [1.165, 1.54) is 13.1 Å². The SMILES string of the molecule is COCCn1cc(NC(=O)NC(=O)C(C)Cl)cn1. The van der Waals surface area contributed by atoms with Crippen LogP contribution in [-0.2, 0) is 16.1 Å². The molecule has 1 aromatic heterocycles. The maximum atomic E-state index is 11.4. The van der Waals surface area contributed by atoms with Gasteiger partial charge >= 0.3 is 6.03 Å². The van der Waals surface area contributed by atoms with Crippen molar-refractivity contribution in [2.24, 2.45) is 0 Å². The number of carbonyl (C=O) groups excluding carboxylic acids is 2. The Morgan fingerprint density at radius 3 is 2.94 bits per heavy atom. The predicted octanol–water partition coefficient (Wildman–Crippen LogP) is 0.805. The van der Waals surface area contributed by atoms with Crippen molar-refractivity contribution < 1.29 is 14.3 Å². The number of hydrogen-bond acceptors (Lipinski definition) is 4. The molecule has 1 aromatic rings. The van der Waals surface area contributed by atoms with Gasteiger partial charge in [0.1, 0.15) is 5.38 Å². The fourth-order valence-electron chi connectivity index (χ4n) is 1.11. The Balaban J connectivity index is 2.44. The second kappa shape index (κ2) is 6.97. The van der Waals surface area contributed by atoms with Gasteiger partial charge in [-0.05, 0) is 6.92 Å². The van der Waals surface area contributed by atoms with Crippen molar-refractivity contribution in [3.63, 3.8) is 0 Å². The third-order valence-electron chi connectivity index (χ3n) is 2.01. The smallest absolute Gasteiger partial charge is 0.326 e. The zero-order valence-electron chi connectivity index (χ0n) is 10.1. The number of amides is 3. The van der Waals surface area contributed by atoms with Gasteiger partial charge in [-0.1, -0.05) is 0 Å². The molecule has 3 amide bonds. The van der Waals surface area contributed by atoms with Crippen LogP contribution in [-0.4, -0.2) is 40.8 Å². The molecule has 7 nitrogen and oxygen atoms in total. The lowest BCUT2D eigenvalue weighted by Gasteiger charge is -2.05. The molecule has 0 aliphatic carbocycles. The summed E-state index contributed by atoms with van der Waals surface area (Å²) in [5.41, 5.74) is 0.485. The maximum absolute atomic E-state index is 11.4. The molecule has 2 N–H and O–H groups in total. The monoisotopic (exact) mass is 274 g/mol. The largest absolute Gasteiger partial charge is 0.383 e. The molecule has 1 unspecified atom stereocenters. The highest BCUT2D eigenvalue weighted by atomic mass is 35.5. The molecule has 1 rings (SSSR count). The number of hydrogen-bond donors (Lipinski definition) is 2. The second-order valence-corrected chi connectivity index (χ2v) is 4.20. The number of halogens is 1. The number of nitrogens with zero attached hydrogens (tertiary/aromatic N) is 2. The highest BCUT2D eigenvalue weighted by molar-refractivity contribution is 6.31. The van der Waals surface area contributed by atoms with Crippen LogP contribution < -0.4 is 10.6 Å². The lowest BCUT2D eigenvalue weighted by atomic mass is 10.4. The van der Waals surface area contributed by atoms with Crippen LogP contribution in [0.1, 0.15) is 6.92 Å². The third kappa shape index (κ3) is 4.72. The summed E-state index contributed by atoms with van der Waals surface area (Å²) in [6, 6.07) is -0.640. The molecule has 0 bridgehead atoms. The number of urea groups is 1. The van der Waals surface area contributed by atoms with Crippen LogP contribution in [0.4, 0.5) is 10.5 Å². The number of rotatable bonds is 5. The molecule has 100 valence electrons. The van der Waals surface area contributed by atoms with Crippen molar-refractivity contribution >= 4 is 29.2 Å². The number of aromatic nitrogens is 2. The molecular weight excluding hydrogens is 260 g/mol. The van der Waals surface area contributed by atoms with E-state index in [1.54, 1.807) is 18.0 Å². The summed E-state index contributed by atoms with van der Waals surface area (Å²) in [5, 5.41) is 7.81. The molecule has 0 spiro atoms. The average Bonchev–Trinajstić information content (AvgIpc) is 2.73. The van der Waals surface area contributed by atoms with Crippen LogP contribution in [0.3, 0.4) is 0 Å². The molecular formula is C10H15ClN4O3. The number of carbonyl (C=O) groups is 2. The molecule has 0 aromatic carbocycles. The summed E-state index contributed by atoms with van der Waals surface area (Å²) in [7, 11) is 1.59. The van der Waals surface area contributed by atoms with Crippen LogP contribution in [0.25, 0.3) is 0 Å². The third-order valence-corrected chi connectivity index (χ3v) is 2.21. The number of alkyl halides is 1. The fraction of sp³-hybridized carbons (Fsp3) is 0.500. The van der Waals surface area contributed by atoms with E-state index in [4.69, 9.17) is 16.3 Å². The standard InChI is InChI=1S/C10H15ClN4O3/c1-7(11)9(16)14-10(17)13-8-5-12-15(6-8)3-4-18-2/h5-7H,3-4H2,1-2H3,(H2,13,14,16,17). The molecule has 1 heterocycles. The van der Waals surface area contributed by atoms with Crippen molar-refractivity contribution in [1.29, 1.82) is 0 Å². The topological polar surface area (TPSA) is 85.2 Å². The number of ether oxygens (including phenoxy) is 1. The average molecular weight is 275 g/mol. The Bertz CT molecular complexity index is 419. The fourth-order valence-corrected chi connectivity index (χ4v) is 1.16. The summed E-state index contributed by atoms with van der Waals surface area (Å²) in [6.45, 7) is 2.58. The van der Waals surface area contributed by atoms with Crippen molar-refractivity contribution in [1.82, 2.24) is 15.1 Å². The first kappa shape index (κ1) is 14.5. The van der Waals surface area contributed by atoms with Crippen molar-refractivity contribution in [2.75, 3.05) is 19.0 Å². The van der Waals surface area contributed by atoms with Gasteiger partial charge in [-0.2, -0.15) is 5.10 Å². The van der Waals surface area contributed by atoms with E-state index in [-0.39, 0.29) is 0 Å².